The Kier molecular flexibility index (Phi) is 4.10. The Bertz CT molecular complexity index is 375. The van der Waals surface area contributed by atoms with Crippen molar-refractivity contribution in [1.82, 2.24) is 0 Å². The maximum atomic E-state index is 10.7. The Morgan fingerprint density at radius 3 is 1.58 bits per heavy atom. The maximum Gasteiger partial charge on any atom is 0.122 e. The normalized spacial score (nSPS) is 22.5. The Labute approximate surface area is 117 Å². The largest absolute Gasteiger partial charge is 0.507 e. The van der Waals surface area contributed by atoms with E-state index in [1.807, 2.05) is 12.1 Å². The van der Waals surface area contributed by atoms with Gasteiger partial charge in [-0.3, -0.25) is 0 Å². The van der Waals surface area contributed by atoms with Gasteiger partial charge in [0.25, 0.3) is 0 Å². The first-order chi connectivity index (χ1) is 9.36. The summed E-state index contributed by atoms with van der Waals surface area (Å²) in [5, 5.41) is 10.7. The first-order valence-corrected chi connectivity index (χ1v) is 8.09. The van der Waals surface area contributed by atoms with Crippen LogP contribution in [-0.4, -0.2) is 5.11 Å². The zero-order valence-corrected chi connectivity index (χ0v) is 11.8. The summed E-state index contributed by atoms with van der Waals surface area (Å²) in [6.45, 7) is 0. The first kappa shape index (κ1) is 13.0. The second-order valence-corrected chi connectivity index (χ2v) is 6.38. The van der Waals surface area contributed by atoms with Gasteiger partial charge in [0.05, 0.1) is 0 Å². The van der Waals surface area contributed by atoms with Crippen molar-refractivity contribution in [2.45, 2.75) is 76.0 Å². The molecule has 0 heterocycles. The highest BCUT2D eigenvalue weighted by Crippen LogP contribution is 2.43. The van der Waals surface area contributed by atoms with Crippen LogP contribution < -0.4 is 0 Å². The molecule has 2 aliphatic rings. The summed E-state index contributed by atoms with van der Waals surface area (Å²) in [4.78, 5) is 0. The van der Waals surface area contributed by atoms with Crippen LogP contribution in [0.25, 0.3) is 0 Å². The topological polar surface area (TPSA) is 20.2 Å². The molecule has 0 spiro atoms. The van der Waals surface area contributed by atoms with E-state index in [1.165, 1.54) is 75.3 Å². The fourth-order valence-electron chi connectivity index (χ4n) is 3.97. The van der Waals surface area contributed by atoms with Crippen molar-refractivity contribution in [2.24, 2.45) is 0 Å². The van der Waals surface area contributed by atoms with E-state index in [0.29, 0.717) is 17.6 Å². The molecule has 1 radical (unpaired) electrons. The van der Waals surface area contributed by atoms with Gasteiger partial charge in [0.15, 0.2) is 0 Å². The van der Waals surface area contributed by atoms with E-state index >= 15 is 0 Å². The molecule has 0 saturated heterocycles. The SMILES string of the molecule is Oc1c(C2CCCCC2)c[c]cc1C1CCCCC1. The lowest BCUT2D eigenvalue weighted by Gasteiger charge is -2.27. The van der Waals surface area contributed by atoms with Gasteiger partial charge in [-0.1, -0.05) is 38.5 Å². The van der Waals surface area contributed by atoms with Crippen molar-refractivity contribution in [3.8, 4) is 5.75 Å². The van der Waals surface area contributed by atoms with Crippen molar-refractivity contribution in [3.63, 3.8) is 0 Å². The van der Waals surface area contributed by atoms with Gasteiger partial charge < -0.3 is 5.11 Å². The third-order valence-electron chi connectivity index (χ3n) is 5.11. The molecule has 1 N–H and O–H groups in total. The van der Waals surface area contributed by atoms with Crippen LogP contribution >= 0.6 is 0 Å². The average molecular weight is 257 g/mol. The van der Waals surface area contributed by atoms with Crippen LogP contribution in [-0.2, 0) is 0 Å². The predicted molar refractivity (Wildman–Crippen MR) is 78.6 cm³/mol. The number of aromatic hydroxyl groups is 1. The lowest BCUT2D eigenvalue weighted by molar-refractivity contribution is 0.393. The van der Waals surface area contributed by atoms with E-state index in [-0.39, 0.29) is 0 Å². The lowest BCUT2D eigenvalue weighted by Crippen LogP contribution is -2.08. The zero-order valence-electron chi connectivity index (χ0n) is 11.8. The highest BCUT2D eigenvalue weighted by molar-refractivity contribution is 5.44. The number of hydrogen-bond acceptors (Lipinski definition) is 1. The van der Waals surface area contributed by atoms with E-state index in [9.17, 15) is 5.11 Å². The second kappa shape index (κ2) is 5.98. The quantitative estimate of drug-likeness (QED) is 0.763. The minimum atomic E-state index is 0.577. The minimum Gasteiger partial charge on any atom is -0.507 e. The molecule has 0 aliphatic heterocycles. The average Bonchev–Trinajstić information content (AvgIpc) is 2.49. The van der Waals surface area contributed by atoms with Crippen LogP contribution in [0.15, 0.2) is 12.1 Å². The van der Waals surface area contributed by atoms with E-state index < -0.39 is 0 Å². The summed E-state index contributed by atoms with van der Waals surface area (Å²) < 4.78 is 0. The van der Waals surface area contributed by atoms with Gasteiger partial charge >= 0.3 is 0 Å². The van der Waals surface area contributed by atoms with Crippen molar-refractivity contribution in [2.75, 3.05) is 0 Å². The molecule has 2 fully saturated rings. The summed E-state index contributed by atoms with van der Waals surface area (Å²) in [6.07, 6.45) is 13.0. The molecule has 0 atom stereocenters. The first-order valence-electron chi connectivity index (χ1n) is 8.09. The summed E-state index contributed by atoms with van der Waals surface area (Å²) in [5.74, 6) is 1.76. The Morgan fingerprint density at radius 2 is 1.16 bits per heavy atom. The zero-order chi connectivity index (χ0) is 13.1. The molecule has 1 aromatic carbocycles. The van der Waals surface area contributed by atoms with Crippen molar-refractivity contribution in [3.05, 3.63) is 29.3 Å². The monoisotopic (exact) mass is 257 g/mol. The van der Waals surface area contributed by atoms with Crippen LogP contribution in [0.2, 0.25) is 0 Å². The smallest absolute Gasteiger partial charge is 0.122 e. The Hall–Kier alpha value is -0.980. The van der Waals surface area contributed by atoms with E-state index in [2.05, 4.69) is 6.07 Å². The van der Waals surface area contributed by atoms with E-state index in [4.69, 9.17) is 0 Å². The Balaban J connectivity index is 1.84. The predicted octanol–water partition coefficient (Wildman–Crippen LogP) is 5.29. The van der Waals surface area contributed by atoms with Crippen LogP contribution in [0.1, 0.15) is 87.2 Å². The summed E-state index contributed by atoms with van der Waals surface area (Å²) >= 11 is 0. The van der Waals surface area contributed by atoms with E-state index in [0.717, 1.165) is 0 Å². The number of phenols is 1. The van der Waals surface area contributed by atoms with Crippen molar-refractivity contribution < 1.29 is 5.11 Å². The summed E-state index contributed by atoms with van der Waals surface area (Å²) in [6, 6.07) is 7.38. The van der Waals surface area contributed by atoms with Gasteiger partial charge in [0.1, 0.15) is 5.75 Å². The van der Waals surface area contributed by atoms with Crippen LogP contribution in [0.4, 0.5) is 0 Å². The number of benzene rings is 1. The highest BCUT2D eigenvalue weighted by atomic mass is 16.3. The Morgan fingerprint density at radius 1 is 0.737 bits per heavy atom. The molecule has 0 amide bonds. The molecule has 0 aromatic heterocycles. The third kappa shape index (κ3) is 2.80. The maximum absolute atomic E-state index is 10.7. The van der Waals surface area contributed by atoms with Gasteiger partial charge in [0.2, 0.25) is 0 Å². The second-order valence-electron chi connectivity index (χ2n) is 6.38. The number of hydrogen-bond donors (Lipinski definition) is 1. The van der Waals surface area contributed by atoms with Gasteiger partial charge in [-0.2, -0.15) is 0 Å². The molecular weight excluding hydrogens is 232 g/mol. The highest BCUT2D eigenvalue weighted by Gasteiger charge is 2.24. The van der Waals surface area contributed by atoms with Gasteiger partial charge in [-0.15, -0.1) is 0 Å². The fourth-order valence-corrected chi connectivity index (χ4v) is 3.97. The molecule has 103 valence electrons. The molecule has 2 aliphatic carbocycles. The van der Waals surface area contributed by atoms with Crippen LogP contribution in [0, 0.1) is 6.07 Å². The van der Waals surface area contributed by atoms with Crippen molar-refractivity contribution in [1.29, 1.82) is 0 Å². The molecule has 19 heavy (non-hydrogen) atoms. The van der Waals surface area contributed by atoms with E-state index in [1.54, 1.807) is 0 Å². The van der Waals surface area contributed by atoms with Crippen LogP contribution in [0.3, 0.4) is 0 Å². The molecule has 1 nitrogen and oxygen atoms in total. The lowest BCUT2D eigenvalue weighted by atomic mass is 9.79. The molecule has 0 bridgehead atoms. The third-order valence-corrected chi connectivity index (χ3v) is 5.11. The fraction of sp³-hybridized carbons (Fsp3) is 0.667. The number of phenolic OH excluding ortho intramolecular Hbond substituents is 1. The summed E-state index contributed by atoms with van der Waals surface area (Å²) in [7, 11) is 0. The molecule has 2 saturated carbocycles. The van der Waals surface area contributed by atoms with Gasteiger partial charge in [-0.05, 0) is 66.8 Å². The molecule has 1 aromatic rings. The molecule has 0 unspecified atom stereocenters. The summed E-state index contributed by atoms with van der Waals surface area (Å²) in [5.41, 5.74) is 2.37. The van der Waals surface area contributed by atoms with Gasteiger partial charge in [0, 0.05) is 0 Å². The minimum absolute atomic E-state index is 0.577. The van der Waals surface area contributed by atoms with Crippen molar-refractivity contribution >= 4 is 0 Å². The molecule has 3 rings (SSSR count). The number of rotatable bonds is 2. The molecular formula is C18H25O. The van der Waals surface area contributed by atoms with Crippen LogP contribution in [0.5, 0.6) is 5.75 Å². The molecule has 1 heteroatoms. The van der Waals surface area contributed by atoms with Gasteiger partial charge in [-0.25, -0.2) is 0 Å². The standard InChI is InChI=1S/C18H25O/c19-18-16(14-8-3-1-4-9-14)12-7-13-17(18)15-10-5-2-6-11-15/h12-15,19H,1-6,8-11H2.